The van der Waals surface area contributed by atoms with Gasteiger partial charge in [0, 0.05) is 36.3 Å². The third-order valence-electron chi connectivity index (χ3n) is 4.65. The van der Waals surface area contributed by atoms with Crippen LogP contribution in [0.25, 0.3) is 11.1 Å². The lowest BCUT2D eigenvalue weighted by molar-refractivity contribution is 0.0189. The van der Waals surface area contributed by atoms with Crippen LogP contribution >= 0.6 is 11.6 Å². The van der Waals surface area contributed by atoms with Crippen LogP contribution in [0.1, 0.15) is 45.0 Å². The number of carbonyl (C=O) groups is 2. The zero-order chi connectivity index (χ0) is 21.5. The number of aromatic nitrogens is 1. The highest BCUT2D eigenvalue weighted by molar-refractivity contribution is 6.31. The van der Waals surface area contributed by atoms with Crippen LogP contribution in [0.2, 0.25) is 5.02 Å². The summed E-state index contributed by atoms with van der Waals surface area (Å²) in [5.41, 5.74) is 0.495. The second kappa shape index (κ2) is 7.74. The number of halogens is 1. The van der Waals surface area contributed by atoms with Crippen molar-refractivity contribution in [3.8, 4) is 0 Å². The van der Waals surface area contributed by atoms with Gasteiger partial charge in [0.05, 0.1) is 12.7 Å². The molecule has 1 saturated heterocycles. The first kappa shape index (κ1) is 21.2. The van der Waals surface area contributed by atoms with E-state index in [1.807, 2.05) is 39.5 Å². The van der Waals surface area contributed by atoms with E-state index in [2.05, 4.69) is 4.98 Å². The summed E-state index contributed by atoms with van der Waals surface area (Å²) in [6, 6.07) is 3.35. The molecule has 0 unspecified atom stereocenters. The SMILES string of the molecule is COC(=O)c1cc(Cl)cc2oc(N3[C@@H](C)CN(C(=O)OC(C)(C)C)C[C@@H]3C)nc12. The molecule has 1 aromatic heterocycles. The van der Waals surface area contributed by atoms with Crippen molar-refractivity contribution < 1.29 is 23.5 Å². The van der Waals surface area contributed by atoms with E-state index in [0.29, 0.717) is 35.2 Å². The van der Waals surface area contributed by atoms with Gasteiger partial charge in [0.15, 0.2) is 5.58 Å². The summed E-state index contributed by atoms with van der Waals surface area (Å²) in [5, 5.41) is 0.358. The number of amides is 1. The van der Waals surface area contributed by atoms with Gasteiger partial charge in [-0.1, -0.05) is 11.6 Å². The van der Waals surface area contributed by atoms with Crippen molar-refractivity contribution in [2.24, 2.45) is 0 Å². The van der Waals surface area contributed by atoms with Gasteiger partial charge in [-0.05, 0) is 40.7 Å². The van der Waals surface area contributed by atoms with Crippen molar-refractivity contribution in [2.75, 3.05) is 25.1 Å². The summed E-state index contributed by atoms with van der Waals surface area (Å²) in [6.07, 6.45) is -0.340. The molecule has 1 aliphatic rings. The minimum atomic E-state index is -0.551. The van der Waals surface area contributed by atoms with Crippen molar-refractivity contribution in [3.63, 3.8) is 0 Å². The van der Waals surface area contributed by atoms with E-state index in [-0.39, 0.29) is 23.7 Å². The van der Waals surface area contributed by atoms with Crippen LogP contribution in [0, 0.1) is 0 Å². The van der Waals surface area contributed by atoms with E-state index in [1.165, 1.54) is 13.2 Å². The van der Waals surface area contributed by atoms with Crippen molar-refractivity contribution in [1.29, 1.82) is 0 Å². The van der Waals surface area contributed by atoms with Crippen LogP contribution in [0.3, 0.4) is 0 Å². The molecule has 3 rings (SSSR count). The fourth-order valence-electron chi connectivity index (χ4n) is 3.54. The number of carbonyl (C=O) groups excluding carboxylic acids is 2. The number of anilines is 1. The maximum atomic E-state index is 12.5. The monoisotopic (exact) mass is 423 g/mol. The van der Waals surface area contributed by atoms with Gasteiger partial charge in [0.2, 0.25) is 0 Å². The van der Waals surface area contributed by atoms with Crippen molar-refractivity contribution in [1.82, 2.24) is 9.88 Å². The quantitative estimate of drug-likeness (QED) is 0.672. The normalized spacial score (nSPS) is 20.1. The molecule has 0 bridgehead atoms. The van der Waals surface area contributed by atoms with Crippen LogP contribution in [-0.4, -0.2) is 59.8 Å². The smallest absolute Gasteiger partial charge is 0.410 e. The van der Waals surface area contributed by atoms with Crippen LogP contribution in [0.15, 0.2) is 16.5 Å². The molecule has 1 aromatic carbocycles. The molecule has 29 heavy (non-hydrogen) atoms. The van der Waals surface area contributed by atoms with Gasteiger partial charge >= 0.3 is 12.1 Å². The van der Waals surface area contributed by atoms with Gasteiger partial charge in [0.1, 0.15) is 11.1 Å². The Morgan fingerprint density at radius 2 is 1.83 bits per heavy atom. The Balaban J connectivity index is 1.89. The van der Waals surface area contributed by atoms with Gasteiger partial charge in [-0.15, -0.1) is 0 Å². The first-order valence-electron chi connectivity index (χ1n) is 9.45. The average Bonchev–Trinajstić information content (AvgIpc) is 3.01. The maximum Gasteiger partial charge on any atom is 0.410 e. The second-order valence-corrected chi connectivity index (χ2v) is 8.72. The molecule has 0 radical (unpaired) electrons. The van der Waals surface area contributed by atoms with Crippen molar-refractivity contribution in [3.05, 3.63) is 22.7 Å². The van der Waals surface area contributed by atoms with Crippen LogP contribution in [-0.2, 0) is 9.47 Å². The second-order valence-electron chi connectivity index (χ2n) is 8.28. The average molecular weight is 424 g/mol. The Morgan fingerprint density at radius 1 is 1.21 bits per heavy atom. The number of benzene rings is 1. The Labute approximate surface area is 174 Å². The van der Waals surface area contributed by atoms with Crippen molar-refractivity contribution in [2.45, 2.75) is 52.3 Å². The van der Waals surface area contributed by atoms with Crippen LogP contribution in [0.4, 0.5) is 10.8 Å². The van der Waals surface area contributed by atoms with Gasteiger partial charge < -0.3 is 23.7 Å². The minimum Gasteiger partial charge on any atom is -0.465 e. The van der Waals surface area contributed by atoms with Gasteiger partial charge in [-0.2, -0.15) is 4.98 Å². The predicted octanol–water partition coefficient (Wildman–Crippen LogP) is 4.10. The Hall–Kier alpha value is -2.48. The number of hydrogen-bond acceptors (Lipinski definition) is 7. The zero-order valence-corrected chi connectivity index (χ0v) is 18.2. The van der Waals surface area contributed by atoms with E-state index in [9.17, 15) is 9.59 Å². The maximum absolute atomic E-state index is 12.5. The minimum absolute atomic E-state index is 0.0728. The fourth-order valence-corrected chi connectivity index (χ4v) is 3.74. The number of nitrogens with zero attached hydrogens (tertiary/aromatic N) is 3. The standard InChI is InChI=1S/C20H26ClN3O5/c1-11-9-23(19(26)29-20(3,4)5)10-12(2)24(11)18-22-16-14(17(25)27-6)7-13(21)8-15(16)28-18/h7-8,11-12H,9-10H2,1-6H3/t11-,12-/m0/s1. The molecular formula is C20H26ClN3O5. The predicted molar refractivity (Wildman–Crippen MR) is 110 cm³/mol. The van der Waals surface area contributed by atoms with Crippen LogP contribution < -0.4 is 4.90 Å². The molecule has 0 saturated carbocycles. The highest BCUT2D eigenvalue weighted by Gasteiger charge is 2.36. The molecule has 8 nitrogen and oxygen atoms in total. The largest absolute Gasteiger partial charge is 0.465 e. The lowest BCUT2D eigenvalue weighted by atomic mass is 10.1. The molecule has 1 fully saturated rings. The molecule has 0 aliphatic carbocycles. The van der Waals surface area contributed by atoms with Gasteiger partial charge in [-0.25, -0.2) is 9.59 Å². The Bertz CT molecular complexity index is 924. The van der Waals surface area contributed by atoms with E-state index in [0.717, 1.165) is 0 Å². The Kier molecular flexibility index (Phi) is 5.67. The summed E-state index contributed by atoms with van der Waals surface area (Å²) in [7, 11) is 1.30. The summed E-state index contributed by atoms with van der Waals surface area (Å²) in [6.45, 7) is 10.4. The molecule has 1 aliphatic heterocycles. The molecule has 2 aromatic rings. The van der Waals surface area contributed by atoms with Crippen LogP contribution in [0.5, 0.6) is 0 Å². The highest BCUT2D eigenvalue weighted by atomic mass is 35.5. The molecule has 9 heteroatoms. The number of oxazole rings is 1. The van der Waals surface area contributed by atoms with E-state index < -0.39 is 11.6 Å². The summed E-state index contributed by atoms with van der Waals surface area (Å²) < 4.78 is 16.2. The molecule has 2 heterocycles. The van der Waals surface area contributed by atoms with Crippen molar-refractivity contribution >= 4 is 40.8 Å². The topological polar surface area (TPSA) is 85.1 Å². The Morgan fingerprint density at radius 3 is 2.38 bits per heavy atom. The number of piperazine rings is 1. The zero-order valence-electron chi connectivity index (χ0n) is 17.5. The fraction of sp³-hybridized carbons (Fsp3) is 0.550. The number of methoxy groups -OCH3 is 1. The third-order valence-corrected chi connectivity index (χ3v) is 4.86. The summed E-state index contributed by atoms with van der Waals surface area (Å²) >= 11 is 6.12. The molecule has 1 amide bonds. The highest BCUT2D eigenvalue weighted by Crippen LogP contribution is 2.32. The summed E-state index contributed by atoms with van der Waals surface area (Å²) in [4.78, 5) is 32.8. The van der Waals surface area contributed by atoms with Gasteiger partial charge in [0.25, 0.3) is 6.01 Å². The number of fused-ring (bicyclic) bond motifs is 1. The lowest BCUT2D eigenvalue weighted by Crippen LogP contribution is -2.59. The molecular weight excluding hydrogens is 398 g/mol. The molecule has 0 N–H and O–H groups in total. The number of esters is 1. The number of rotatable bonds is 2. The van der Waals surface area contributed by atoms with E-state index >= 15 is 0 Å². The number of ether oxygens (including phenoxy) is 2. The van der Waals surface area contributed by atoms with E-state index in [4.69, 9.17) is 25.5 Å². The molecule has 0 spiro atoms. The first-order chi connectivity index (χ1) is 13.5. The lowest BCUT2D eigenvalue weighted by Gasteiger charge is -2.43. The number of hydrogen-bond donors (Lipinski definition) is 0. The first-order valence-corrected chi connectivity index (χ1v) is 9.82. The summed E-state index contributed by atoms with van der Waals surface area (Å²) in [5.74, 6) is -0.534. The van der Waals surface area contributed by atoms with E-state index in [1.54, 1.807) is 11.0 Å². The third kappa shape index (κ3) is 4.42. The molecule has 2 atom stereocenters. The van der Waals surface area contributed by atoms with Gasteiger partial charge in [-0.3, -0.25) is 0 Å². The molecule has 158 valence electrons.